The van der Waals surface area contributed by atoms with Crippen LogP contribution in [0.3, 0.4) is 0 Å². The summed E-state index contributed by atoms with van der Waals surface area (Å²) in [5.74, 6) is 1.70. The Morgan fingerprint density at radius 1 is 1.30 bits per heavy atom. The fourth-order valence-electron chi connectivity index (χ4n) is 2.90. The molecule has 0 saturated carbocycles. The number of carbonyl (C=O) groups excluding carboxylic acids is 1. The van der Waals surface area contributed by atoms with Gasteiger partial charge in [0.25, 0.3) is 5.91 Å². The summed E-state index contributed by atoms with van der Waals surface area (Å²) < 4.78 is 10.9. The van der Waals surface area contributed by atoms with Gasteiger partial charge in [-0.25, -0.2) is 4.79 Å². The molecule has 1 heterocycles. The lowest BCUT2D eigenvalue weighted by Gasteiger charge is -2.23. The molecule has 1 saturated heterocycles. The lowest BCUT2D eigenvalue weighted by molar-refractivity contribution is -0.145. The molecule has 2 aromatic rings. The molecule has 1 amide bonds. The van der Waals surface area contributed by atoms with Gasteiger partial charge in [-0.2, -0.15) is 0 Å². The van der Waals surface area contributed by atoms with E-state index >= 15 is 0 Å². The van der Waals surface area contributed by atoms with Gasteiger partial charge in [0.05, 0.1) is 12.0 Å². The molecule has 1 N–H and O–H groups in total. The molecule has 152 valence electrons. The van der Waals surface area contributed by atoms with Crippen molar-refractivity contribution in [3.05, 3.63) is 64.6 Å². The molecule has 8 heteroatoms. The minimum atomic E-state index is -1.20. The van der Waals surface area contributed by atoms with Crippen molar-refractivity contribution in [3.63, 3.8) is 0 Å². The van der Waals surface area contributed by atoms with Gasteiger partial charge in [-0.15, -0.1) is 6.42 Å². The van der Waals surface area contributed by atoms with E-state index in [1.54, 1.807) is 54.6 Å². The largest absolute Gasteiger partial charge is 0.493 e. The van der Waals surface area contributed by atoms with E-state index in [4.69, 9.17) is 28.1 Å². The monoisotopic (exact) mass is 439 g/mol. The molecular formula is C22H17NO5S2. The summed E-state index contributed by atoms with van der Waals surface area (Å²) in [6, 6.07) is 12.4. The molecule has 0 spiro atoms. The van der Waals surface area contributed by atoms with Gasteiger partial charge in [-0.1, -0.05) is 66.3 Å². The second kappa shape index (κ2) is 9.48. The van der Waals surface area contributed by atoms with E-state index in [1.807, 2.05) is 0 Å². The Morgan fingerprint density at radius 2 is 2.03 bits per heavy atom. The maximum atomic E-state index is 13.0. The molecule has 1 aliphatic rings. The molecule has 3 rings (SSSR count). The highest BCUT2D eigenvalue weighted by atomic mass is 32.2. The van der Waals surface area contributed by atoms with Gasteiger partial charge in [0.2, 0.25) is 0 Å². The van der Waals surface area contributed by atoms with Crippen LogP contribution in [0.2, 0.25) is 0 Å². The second-order valence-electron chi connectivity index (χ2n) is 6.11. The SMILES string of the molecule is C#CCOc1ccc(/C=C2\SC(=S)N(C(C(=O)O)c3ccccc3)C2=O)cc1OC. The summed E-state index contributed by atoms with van der Waals surface area (Å²) >= 11 is 6.38. The van der Waals surface area contributed by atoms with Crippen molar-refractivity contribution < 1.29 is 24.2 Å². The van der Waals surface area contributed by atoms with Crippen LogP contribution >= 0.6 is 24.0 Å². The molecule has 1 aliphatic heterocycles. The van der Waals surface area contributed by atoms with Crippen molar-refractivity contribution in [2.75, 3.05) is 13.7 Å². The van der Waals surface area contributed by atoms with Crippen molar-refractivity contribution >= 4 is 46.3 Å². The number of hydrogen-bond acceptors (Lipinski definition) is 6. The summed E-state index contributed by atoms with van der Waals surface area (Å²) in [6.07, 6.45) is 6.85. The number of ether oxygens (including phenoxy) is 2. The van der Waals surface area contributed by atoms with Gasteiger partial charge in [0.1, 0.15) is 10.9 Å². The molecular weight excluding hydrogens is 422 g/mol. The molecule has 1 fully saturated rings. The van der Waals surface area contributed by atoms with Crippen molar-refractivity contribution in [3.8, 4) is 23.8 Å². The number of carboxylic acid groups (broad SMARTS) is 1. The first-order valence-corrected chi connectivity index (χ1v) is 9.98. The predicted octanol–water partition coefficient (Wildman–Crippen LogP) is 3.73. The number of nitrogens with zero attached hydrogens (tertiary/aromatic N) is 1. The highest BCUT2D eigenvalue weighted by Crippen LogP contribution is 2.39. The van der Waals surface area contributed by atoms with Crippen LogP contribution < -0.4 is 9.47 Å². The first-order chi connectivity index (χ1) is 14.5. The zero-order valence-electron chi connectivity index (χ0n) is 15.9. The number of thiocarbonyl (C=S) groups is 1. The van der Waals surface area contributed by atoms with E-state index in [0.717, 1.165) is 16.7 Å². The predicted molar refractivity (Wildman–Crippen MR) is 119 cm³/mol. The Labute approximate surface area is 183 Å². The van der Waals surface area contributed by atoms with Gasteiger partial charge < -0.3 is 14.6 Å². The number of thioether (sulfide) groups is 1. The molecule has 30 heavy (non-hydrogen) atoms. The summed E-state index contributed by atoms with van der Waals surface area (Å²) in [5.41, 5.74) is 1.14. The molecule has 0 bridgehead atoms. The highest BCUT2D eigenvalue weighted by Gasteiger charge is 2.41. The van der Waals surface area contributed by atoms with Gasteiger partial charge >= 0.3 is 5.97 Å². The van der Waals surface area contributed by atoms with Crippen LogP contribution in [0.1, 0.15) is 17.2 Å². The summed E-state index contributed by atoms with van der Waals surface area (Å²) in [6.45, 7) is 0.102. The molecule has 1 unspecified atom stereocenters. The van der Waals surface area contributed by atoms with Crippen LogP contribution in [-0.2, 0) is 9.59 Å². The van der Waals surface area contributed by atoms with Crippen LogP contribution in [-0.4, -0.2) is 39.9 Å². The lowest BCUT2D eigenvalue weighted by Crippen LogP contribution is -2.37. The molecule has 1 atom stereocenters. The average Bonchev–Trinajstić information content (AvgIpc) is 3.01. The molecule has 0 aliphatic carbocycles. The van der Waals surface area contributed by atoms with Gasteiger partial charge in [-0.05, 0) is 29.3 Å². The van der Waals surface area contributed by atoms with Crippen molar-refractivity contribution in [2.45, 2.75) is 6.04 Å². The summed E-state index contributed by atoms with van der Waals surface area (Å²) in [5, 5.41) is 9.74. The zero-order valence-corrected chi connectivity index (χ0v) is 17.5. The van der Waals surface area contributed by atoms with Crippen LogP contribution in [0.4, 0.5) is 0 Å². The number of carboxylic acids is 1. The third-order valence-corrected chi connectivity index (χ3v) is 5.56. The zero-order chi connectivity index (χ0) is 21.7. The van der Waals surface area contributed by atoms with Gasteiger partial charge in [0.15, 0.2) is 17.5 Å². The van der Waals surface area contributed by atoms with Crippen molar-refractivity contribution in [1.29, 1.82) is 0 Å². The van der Waals surface area contributed by atoms with Gasteiger partial charge in [0, 0.05) is 0 Å². The highest BCUT2D eigenvalue weighted by molar-refractivity contribution is 8.26. The average molecular weight is 440 g/mol. The molecule has 0 radical (unpaired) electrons. The maximum Gasteiger partial charge on any atom is 0.331 e. The number of rotatable bonds is 7. The Kier molecular flexibility index (Phi) is 6.77. The normalized spacial score (nSPS) is 15.7. The summed E-state index contributed by atoms with van der Waals surface area (Å²) in [7, 11) is 1.50. The van der Waals surface area contributed by atoms with Crippen LogP contribution in [0, 0.1) is 12.3 Å². The van der Waals surface area contributed by atoms with E-state index < -0.39 is 17.9 Å². The van der Waals surface area contributed by atoms with E-state index in [2.05, 4.69) is 5.92 Å². The number of benzene rings is 2. The maximum absolute atomic E-state index is 13.0. The number of amides is 1. The number of carbonyl (C=O) groups is 2. The minimum Gasteiger partial charge on any atom is -0.493 e. The Hall–Kier alpha value is -3.28. The van der Waals surface area contributed by atoms with E-state index in [9.17, 15) is 14.7 Å². The fourth-order valence-corrected chi connectivity index (χ4v) is 4.22. The number of terminal acetylenes is 1. The van der Waals surface area contributed by atoms with Crippen molar-refractivity contribution in [2.24, 2.45) is 0 Å². The Bertz CT molecular complexity index is 1060. The topological polar surface area (TPSA) is 76.1 Å². The fraction of sp³-hybridized carbons (Fsp3) is 0.136. The minimum absolute atomic E-state index is 0.102. The van der Waals surface area contributed by atoms with E-state index in [0.29, 0.717) is 27.5 Å². The first kappa shape index (κ1) is 21.4. The third kappa shape index (κ3) is 4.48. The smallest absolute Gasteiger partial charge is 0.331 e. The van der Waals surface area contributed by atoms with Crippen molar-refractivity contribution in [1.82, 2.24) is 4.90 Å². The number of methoxy groups -OCH3 is 1. The van der Waals surface area contributed by atoms with Crippen LogP contribution in [0.5, 0.6) is 11.5 Å². The Balaban J connectivity index is 1.91. The summed E-state index contributed by atoms with van der Waals surface area (Å²) in [4.78, 5) is 26.4. The third-order valence-electron chi connectivity index (χ3n) is 4.23. The van der Waals surface area contributed by atoms with E-state index in [1.165, 1.54) is 7.11 Å². The first-order valence-electron chi connectivity index (χ1n) is 8.75. The lowest BCUT2D eigenvalue weighted by atomic mass is 10.1. The number of aliphatic carboxylic acids is 1. The standard InChI is InChI=1S/C22H17NO5S2/c1-3-11-28-16-10-9-14(12-17(16)27-2)13-18-20(24)23(22(29)30-18)19(21(25)26)15-7-5-4-6-8-15/h1,4-10,12-13,19H,11H2,2H3,(H,25,26)/b18-13-. The molecule has 2 aromatic carbocycles. The number of hydrogen-bond donors (Lipinski definition) is 1. The Morgan fingerprint density at radius 3 is 2.67 bits per heavy atom. The van der Waals surface area contributed by atoms with Gasteiger partial charge in [-0.3, -0.25) is 9.69 Å². The molecule has 0 aromatic heterocycles. The quantitative estimate of drug-likeness (QED) is 0.400. The van der Waals surface area contributed by atoms with Crippen LogP contribution in [0.15, 0.2) is 53.4 Å². The molecule has 6 nitrogen and oxygen atoms in total. The van der Waals surface area contributed by atoms with E-state index in [-0.39, 0.29) is 10.9 Å². The second-order valence-corrected chi connectivity index (χ2v) is 7.78. The van der Waals surface area contributed by atoms with Crippen LogP contribution in [0.25, 0.3) is 6.08 Å².